The number of hydrogen-bond acceptors (Lipinski definition) is 5. The molecule has 2 N–H and O–H groups in total. The summed E-state index contributed by atoms with van der Waals surface area (Å²) in [6.45, 7) is 0. The lowest BCUT2D eigenvalue weighted by atomic mass is 10.2. The van der Waals surface area contributed by atoms with Gasteiger partial charge in [0.1, 0.15) is 10.8 Å². The van der Waals surface area contributed by atoms with E-state index in [0.717, 1.165) is 23.6 Å². The van der Waals surface area contributed by atoms with Crippen molar-refractivity contribution in [3.05, 3.63) is 29.2 Å². The first-order chi connectivity index (χ1) is 6.34. The Kier molecular flexibility index (Phi) is 2.27. The quantitative estimate of drug-likeness (QED) is 0.806. The number of aryl methyl sites for hydroxylation is 2. The maximum Gasteiger partial charge on any atom is 0.232 e. The molecular formula is C8H9N3OS. The fraction of sp³-hybridized carbons (Fsp3) is 0.250. The standard InChI is InChI=1S/C8H9N3OS/c9-8-10-7(13-11-8)4-3-6-2-1-5-12-6/h1-2,5H,3-4H2,(H2,9,11). The highest BCUT2D eigenvalue weighted by Crippen LogP contribution is 2.10. The van der Waals surface area contributed by atoms with Gasteiger partial charge in [-0.1, -0.05) is 0 Å². The van der Waals surface area contributed by atoms with Gasteiger partial charge in [0.15, 0.2) is 0 Å². The van der Waals surface area contributed by atoms with Crippen LogP contribution in [0.2, 0.25) is 0 Å². The summed E-state index contributed by atoms with van der Waals surface area (Å²) in [7, 11) is 0. The smallest absolute Gasteiger partial charge is 0.232 e. The maximum absolute atomic E-state index is 5.39. The van der Waals surface area contributed by atoms with Gasteiger partial charge in [-0.15, -0.1) is 0 Å². The fourth-order valence-electron chi connectivity index (χ4n) is 1.05. The van der Waals surface area contributed by atoms with Gasteiger partial charge in [0.05, 0.1) is 6.26 Å². The van der Waals surface area contributed by atoms with E-state index < -0.39 is 0 Å². The molecule has 0 unspecified atom stereocenters. The van der Waals surface area contributed by atoms with Crippen molar-refractivity contribution >= 4 is 17.5 Å². The van der Waals surface area contributed by atoms with Crippen LogP contribution in [-0.2, 0) is 12.8 Å². The molecule has 0 bridgehead atoms. The van der Waals surface area contributed by atoms with Crippen LogP contribution in [0.25, 0.3) is 0 Å². The number of furan rings is 1. The topological polar surface area (TPSA) is 64.9 Å². The Morgan fingerprint density at radius 2 is 2.38 bits per heavy atom. The molecule has 68 valence electrons. The van der Waals surface area contributed by atoms with E-state index in [-0.39, 0.29) is 0 Å². The SMILES string of the molecule is Nc1nsc(CCc2ccco2)n1. The molecule has 0 atom stereocenters. The highest BCUT2D eigenvalue weighted by atomic mass is 32.1. The van der Waals surface area contributed by atoms with Gasteiger partial charge >= 0.3 is 0 Å². The summed E-state index contributed by atoms with van der Waals surface area (Å²) in [6, 6.07) is 3.83. The molecule has 0 fully saturated rings. The Labute approximate surface area is 79.6 Å². The Hall–Kier alpha value is -1.36. The van der Waals surface area contributed by atoms with Gasteiger partial charge in [0, 0.05) is 12.8 Å². The van der Waals surface area contributed by atoms with Gasteiger partial charge in [-0.3, -0.25) is 0 Å². The third-order valence-electron chi connectivity index (χ3n) is 1.65. The van der Waals surface area contributed by atoms with Gasteiger partial charge in [-0.2, -0.15) is 4.37 Å². The van der Waals surface area contributed by atoms with Crippen molar-refractivity contribution in [3.63, 3.8) is 0 Å². The van der Waals surface area contributed by atoms with Crippen molar-refractivity contribution in [2.45, 2.75) is 12.8 Å². The van der Waals surface area contributed by atoms with E-state index in [2.05, 4.69) is 9.36 Å². The predicted molar refractivity (Wildman–Crippen MR) is 50.4 cm³/mol. The van der Waals surface area contributed by atoms with E-state index in [1.165, 1.54) is 11.5 Å². The van der Waals surface area contributed by atoms with Gasteiger partial charge < -0.3 is 10.2 Å². The van der Waals surface area contributed by atoms with E-state index in [0.29, 0.717) is 5.95 Å². The molecule has 0 aliphatic rings. The number of rotatable bonds is 3. The first-order valence-electron chi connectivity index (χ1n) is 3.95. The molecule has 2 aromatic rings. The van der Waals surface area contributed by atoms with Gasteiger partial charge in [-0.05, 0) is 23.7 Å². The van der Waals surface area contributed by atoms with Crippen molar-refractivity contribution < 1.29 is 4.42 Å². The van der Waals surface area contributed by atoms with Gasteiger partial charge in [0.25, 0.3) is 0 Å². The van der Waals surface area contributed by atoms with E-state index >= 15 is 0 Å². The van der Waals surface area contributed by atoms with Crippen molar-refractivity contribution in [1.82, 2.24) is 9.36 Å². The largest absolute Gasteiger partial charge is 0.469 e. The van der Waals surface area contributed by atoms with Crippen molar-refractivity contribution in [2.24, 2.45) is 0 Å². The molecule has 0 aliphatic carbocycles. The minimum absolute atomic E-state index is 0.361. The van der Waals surface area contributed by atoms with Gasteiger partial charge in [0.2, 0.25) is 5.95 Å². The molecule has 2 rings (SSSR count). The third-order valence-corrected chi connectivity index (χ3v) is 2.43. The zero-order valence-electron chi connectivity index (χ0n) is 6.93. The second-order valence-corrected chi connectivity index (χ2v) is 3.46. The highest BCUT2D eigenvalue weighted by Gasteiger charge is 2.02. The summed E-state index contributed by atoms with van der Waals surface area (Å²) in [5.74, 6) is 1.33. The first-order valence-corrected chi connectivity index (χ1v) is 4.72. The summed E-state index contributed by atoms with van der Waals surface area (Å²) in [5.41, 5.74) is 5.39. The molecule has 0 radical (unpaired) electrons. The van der Waals surface area contributed by atoms with Crippen LogP contribution in [0.3, 0.4) is 0 Å². The second kappa shape index (κ2) is 3.57. The number of anilines is 1. The molecule has 4 nitrogen and oxygen atoms in total. The summed E-state index contributed by atoms with van der Waals surface area (Å²) < 4.78 is 9.08. The maximum atomic E-state index is 5.39. The Bertz CT molecular complexity index is 368. The molecule has 5 heteroatoms. The van der Waals surface area contributed by atoms with Crippen LogP contribution in [0.15, 0.2) is 22.8 Å². The molecule has 2 heterocycles. The highest BCUT2D eigenvalue weighted by molar-refractivity contribution is 7.05. The third kappa shape index (κ3) is 2.06. The Morgan fingerprint density at radius 3 is 3.00 bits per heavy atom. The minimum atomic E-state index is 0.361. The average Bonchev–Trinajstić information content (AvgIpc) is 2.71. The molecule has 0 saturated heterocycles. The number of nitrogen functional groups attached to an aromatic ring is 1. The van der Waals surface area contributed by atoms with Crippen LogP contribution in [0.4, 0.5) is 5.95 Å². The Morgan fingerprint density at radius 1 is 1.46 bits per heavy atom. The van der Waals surface area contributed by atoms with Crippen molar-refractivity contribution in [1.29, 1.82) is 0 Å². The normalized spacial score (nSPS) is 10.5. The molecule has 0 aromatic carbocycles. The van der Waals surface area contributed by atoms with Crippen LogP contribution < -0.4 is 5.73 Å². The van der Waals surface area contributed by atoms with E-state index in [9.17, 15) is 0 Å². The van der Waals surface area contributed by atoms with Crippen LogP contribution >= 0.6 is 11.5 Å². The molecule has 13 heavy (non-hydrogen) atoms. The fourth-order valence-corrected chi connectivity index (χ4v) is 1.62. The molecule has 0 amide bonds. The number of aromatic nitrogens is 2. The van der Waals surface area contributed by atoms with E-state index in [1.54, 1.807) is 6.26 Å². The molecule has 0 aliphatic heterocycles. The molecule has 0 saturated carbocycles. The average molecular weight is 195 g/mol. The van der Waals surface area contributed by atoms with Crippen molar-refractivity contribution in [3.8, 4) is 0 Å². The lowest BCUT2D eigenvalue weighted by molar-refractivity contribution is 0.508. The lowest BCUT2D eigenvalue weighted by Crippen LogP contribution is -1.90. The number of hydrogen-bond donors (Lipinski definition) is 1. The monoisotopic (exact) mass is 195 g/mol. The van der Waals surface area contributed by atoms with E-state index in [1.807, 2.05) is 12.1 Å². The Balaban J connectivity index is 1.93. The molecular weight excluding hydrogens is 186 g/mol. The predicted octanol–water partition coefficient (Wildman–Crippen LogP) is 1.50. The van der Waals surface area contributed by atoms with Crippen LogP contribution in [-0.4, -0.2) is 9.36 Å². The number of nitrogens with zero attached hydrogens (tertiary/aromatic N) is 2. The second-order valence-electron chi connectivity index (χ2n) is 2.63. The van der Waals surface area contributed by atoms with E-state index in [4.69, 9.17) is 10.2 Å². The molecule has 0 spiro atoms. The summed E-state index contributed by atoms with van der Waals surface area (Å²) in [6.07, 6.45) is 3.35. The zero-order chi connectivity index (χ0) is 9.10. The van der Waals surface area contributed by atoms with Crippen LogP contribution in [0, 0.1) is 0 Å². The van der Waals surface area contributed by atoms with Crippen LogP contribution in [0.5, 0.6) is 0 Å². The van der Waals surface area contributed by atoms with Crippen molar-refractivity contribution in [2.75, 3.05) is 5.73 Å². The molecule has 2 aromatic heterocycles. The van der Waals surface area contributed by atoms with Crippen LogP contribution in [0.1, 0.15) is 10.8 Å². The summed E-state index contributed by atoms with van der Waals surface area (Å²) >= 11 is 1.34. The first kappa shape index (κ1) is 8.25. The number of nitrogens with two attached hydrogens (primary N) is 1. The van der Waals surface area contributed by atoms with Gasteiger partial charge in [-0.25, -0.2) is 4.98 Å². The lowest BCUT2D eigenvalue weighted by Gasteiger charge is -1.91. The minimum Gasteiger partial charge on any atom is -0.469 e. The summed E-state index contributed by atoms with van der Waals surface area (Å²) in [4.78, 5) is 4.05. The summed E-state index contributed by atoms with van der Waals surface area (Å²) in [5, 5.41) is 0.953. The zero-order valence-corrected chi connectivity index (χ0v) is 7.75.